The predicted molar refractivity (Wildman–Crippen MR) is 118 cm³/mol. The molecule has 4 aromatic rings. The second kappa shape index (κ2) is 8.48. The Balaban J connectivity index is 1.69. The van der Waals surface area contributed by atoms with E-state index < -0.39 is 11.2 Å². The summed E-state index contributed by atoms with van der Waals surface area (Å²) in [4.78, 5) is 32.8. The van der Waals surface area contributed by atoms with E-state index in [9.17, 15) is 9.59 Å². The van der Waals surface area contributed by atoms with Crippen LogP contribution in [0.1, 0.15) is 32.5 Å². The van der Waals surface area contributed by atoms with Crippen LogP contribution in [0.3, 0.4) is 0 Å². The van der Waals surface area contributed by atoms with E-state index in [0.29, 0.717) is 46.8 Å². The maximum atomic E-state index is 12.5. The molecule has 4 heterocycles. The van der Waals surface area contributed by atoms with Crippen LogP contribution in [0.15, 0.2) is 32.3 Å². The van der Waals surface area contributed by atoms with Crippen molar-refractivity contribution in [3.8, 4) is 10.7 Å². The minimum absolute atomic E-state index is 0.414. The second-order valence-electron chi connectivity index (χ2n) is 6.65. The SMILES string of the molecule is CCCCn1c(=O)[nH]c(=O)c2c1nc(CSc1nnc(-c3cccs3)n1N)n2CC. The lowest BCUT2D eigenvalue weighted by atomic mass is 10.3. The van der Waals surface area contributed by atoms with Crippen molar-refractivity contribution in [1.29, 1.82) is 0 Å². The normalized spacial score (nSPS) is 11.5. The number of hydrogen-bond acceptors (Lipinski definition) is 8. The van der Waals surface area contributed by atoms with Gasteiger partial charge in [0.1, 0.15) is 5.82 Å². The standard InChI is InChI=1S/C18H22N8O2S2/c1-3-5-8-25-15-13(16(27)21-17(25)28)24(4-2)12(20-15)10-30-18-23-22-14(26(18)19)11-7-6-9-29-11/h6-7,9H,3-5,8,10,19H2,1-2H3,(H,21,27,28). The van der Waals surface area contributed by atoms with Crippen LogP contribution in [0.2, 0.25) is 0 Å². The number of fused-ring (bicyclic) bond motifs is 1. The van der Waals surface area contributed by atoms with E-state index in [0.717, 1.165) is 17.7 Å². The summed E-state index contributed by atoms with van der Waals surface area (Å²) < 4.78 is 4.83. The summed E-state index contributed by atoms with van der Waals surface area (Å²) in [5.74, 6) is 7.89. The number of thiophene rings is 1. The molecule has 3 N–H and O–H groups in total. The Morgan fingerprint density at radius 2 is 2.07 bits per heavy atom. The van der Waals surface area contributed by atoms with E-state index in [1.165, 1.54) is 27.8 Å². The molecule has 0 aliphatic carbocycles. The van der Waals surface area contributed by atoms with Gasteiger partial charge in [0.15, 0.2) is 17.0 Å². The van der Waals surface area contributed by atoms with Gasteiger partial charge < -0.3 is 10.4 Å². The molecule has 0 aliphatic rings. The number of aromatic nitrogens is 7. The Morgan fingerprint density at radius 3 is 2.77 bits per heavy atom. The van der Waals surface area contributed by atoms with Gasteiger partial charge in [-0.1, -0.05) is 31.2 Å². The predicted octanol–water partition coefficient (Wildman–Crippen LogP) is 2.03. The minimum Gasteiger partial charge on any atom is -0.335 e. The highest BCUT2D eigenvalue weighted by Crippen LogP contribution is 2.27. The zero-order valence-electron chi connectivity index (χ0n) is 16.7. The first-order valence-electron chi connectivity index (χ1n) is 9.64. The number of rotatable bonds is 8. The molecule has 0 spiro atoms. The highest BCUT2D eigenvalue weighted by atomic mass is 32.2. The highest BCUT2D eigenvalue weighted by Gasteiger charge is 2.19. The molecular weight excluding hydrogens is 424 g/mol. The number of nitrogens with one attached hydrogen (secondary N) is 1. The lowest BCUT2D eigenvalue weighted by Crippen LogP contribution is -2.31. The molecule has 0 aromatic carbocycles. The molecule has 0 unspecified atom stereocenters. The molecule has 30 heavy (non-hydrogen) atoms. The van der Waals surface area contributed by atoms with Crippen LogP contribution in [0.4, 0.5) is 0 Å². The van der Waals surface area contributed by atoms with E-state index in [1.807, 2.05) is 35.9 Å². The van der Waals surface area contributed by atoms with Gasteiger partial charge in [0.05, 0.1) is 10.6 Å². The molecule has 158 valence electrons. The lowest BCUT2D eigenvalue weighted by Gasteiger charge is -2.06. The van der Waals surface area contributed by atoms with Crippen molar-refractivity contribution in [2.24, 2.45) is 0 Å². The summed E-state index contributed by atoms with van der Waals surface area (Å²) in [5.41, 5.74) is -0.0149. The van der Waals surface area contributed by atoms with E-state index in [2.05, 4.69) is 20.2 Å². The van der Waals surface area contributed by atoms with Gasteiger partial charge >= 0.3 is 5.69 Å². The number of aryl methyl sites for hydroxylation is 2. The van der Waals surface area contributed by atoms with Gasteiger partial charge in [-0.25, -0.2) is 14.5 Å². The fourth-order valence-electron chi connectivity index (χ4n) is 3.27. The van der Waals surface area contributed by atoms with E-state index in [-0.39, 0.29) is 0 Å². The van der Waals surface area contributed by atoms with Gasteiger partial charge in [-0.05, 0) is 24.8 Å². The van der Waals surface area contributed by atoms with Crippen LogP contribution in [0, 0.1) is 0 Å². The average molecular weight is 447 g/mol. The molecule has 4 aromatic heterocycles. The lowest BCUT2D eigenvalue weighted by molar-refractivity contribution is 0.613. The van der Waals surface area contributed by atoms with Crippen LogP contribution in [-0.2, 0) is 18.8 Å². The second-order valence-corrected chi connectivity index (χ2v) is 8.54. The van der Waals surface area contributed by atoms with Crippen molar-refractivity contribution in [2.75, 3.05) is 5.84 Å². The molecule has 0 amide bonds. The molecule has 4 rings (SSSR count). The minimum atomic E-state index is -0.428. The zero-order valence-corrected chi connectivity index (χ0v) is 18.3. The summed E-state index contributed by atoms with van der Waals surface area (Å²) in [6, 6.07) is 3.87. The Labute approximate surface area is 179 Å². The molecular formula is C18H22N8O2S2. The first-order valence-corrected chi connectivity index (χ1v) is 11.5. The van der Waals surface area contributed by atoms with E-state index >= 15 is 0 Å². The summed E-state index contributed by atoms with van der Waals surface area (Å²) in [6.07, 6.45) is 1.76. The number of thioether (sulfide) groups is 1. The Kier molecular flexibility index (Phi) is 5.77. The van der Waals surface area contributed by atoms with E-state index in [4.69, 9.17) is 5.84 Å². The maximum absolute atomic E-state index is 12.5. The molecule has 12 heteroatoms. The van der Waals surface area contributed by atoms with Crippen LogP contribution >= 0.6 is 23.1 Å². The average Bonchev–Trinajstić information content (AvgIpc) is 3.45. The van der Waals surface area contributed by atoms with Crippen LogP contribution < -0.4 is 17.1 Å². The first-order chi connectivity index (χ1) is 14.5. The maximum Gasteiger partial charge on any atom is 0.330 e. The number of H-pyrrole nitrogens is 1. The molecule has 0 fully saturated rings. The number of nitrogens with two attached hydrogens (primary N) is 1. The molecule has 0 radical (unpaired) electrons. The van der Waals surface area contributed by atoms with Gasteiger partial charge in [-0.2, -0.15) is 0 Å². The van der Waals surface area contributed by atoms with Crippen molar-refractivity contribution < 1.29 is 0 Å². The molecule has 0 saturated heterocycles. The fourth-order valence-corrected chi connectivity index (χ4v) is 4.78. The fraction of sp³-hybridized carbons (Fsp3) is 0.389. The Bertz CT molecular complexity index is 1280. The third-order valence-electron chi connectivity index (χ3n) is 4.75. The smallest absolute Gasteiger partial charge is 0.330 e. The quantitative estimate of drug-likeness (QED) is 0.313. The van der Waals surface area contributed by atoms with Crippen LogP contribution in [-0.4, -0.2) is 34.0 Å². The van der Waals surface area contributed by atoms with Gasteiger partial charge in [0.2, 0.25) is 5.16 Å². The van der Waals surface area contributed by atoms with E-state index in [1.54, 1.807) is 4.57 Å². The number of unbranched alkanes of at least 4 members (excludes halogenated alkanes) is 1. The van der Waals surface area contributed by atoms with Crippen molar-refractivity contribution in [1.82, 2.24) is 34.0 Å². The summed E-state index contributed by atoms with van der Waals surface area (Å²) in [6.45, 7) is 5.05. The van der Waals surface area contributed by atoms with Crippen molar-refractivity contribution in [3.05, 3.63) is 44.2 Å². The van der Waals surface area contributed by atoms with Gasteiger partial charge in [0.25, 0.3) is 5.56 Å². The first kappa shape index (κ1) is 20.4. The molecule has 10 nitrogen and oxygen atoms in total. The number of nitrogen functional groups attached to an aromatic ring is 1. The van der Waals surface area contributed by atoms with Gasteiger partial charge in [-0.15, -0.1) is 21.5 Å². The van der Waals surface area contributed by atoms with Crippen LogP contribution in [0.25, 0.3) is 21.9 Å². The van der Waals surface area contributed by atoms with Crippen LogP contribution in [0.5, 0.6) is 0 Å². The number of imidazole rings is 1. The monoisotopic (exact) mass is 446 g/mol. The largest absolute Gasteiger partial charge is 0.335 e. The van der Waals surface area contributed by atoms with Crippen molar-refractivity contribution >= 4 is 34.3 Å². The Morgan fingerprint density at radius 1 is 1.23 bits per heavy atom. The molecule has 0 saturated carbocycles. The summed E-state index contributed by atoms with van der Waals surface area (Å²) >= 11 is 2.92. The highest BCUT2D eigenvalue weighted by molar-refractivity contribution is 7.98. The summed E-state index contributed by atoms with van der Waals surface area (Å²) in [7, 11) is 0. The third-order valence-corrected chi connectivity index (χ3v) is 6.56. The Hall–Kier alpha value is -2.86. The summed E-state index contributed by atoms with van der Waals surface area (Å²) in [5, 5.41) is 10.9. The number of hydrogen-bond donors (Lipinski definition) is 2. The number of nitrogens with zero attached hydrogens (tertiary/aromatic N) is 6. The van der Waals surface area contributed by atoms with Crippen molar-refractivity contribution in [3.63, 3.8) is 0 Å². The topological polar surface area (TPSA) is 129 Å². The molecule has 0 aliphatic heterocycles. The third kappa shape index (κ3) is 3.56. The van der Waals surface area contributed by atoms with Gasteiger partial charge in [0, 0.05) is 13.1 Å². The molecule has 0 atom stereocenters. The zero-order chi connectivity index (χ0) is 21.3. The van der Waals surface area contributed by atoms with Crippen molar-refractivity contribution in [2.45, 2.75) is 50.7 Å². The molecule has 0 bridgehead atoms. The van der Waals surface area contributed by atoms with Gasteiger partial charge in [-0.3, -0.25) is 14.3 Å². The number of aromatic amines is 1.